The van der Waals surface area contributed by atoms with E-state index in [1.807, 2.05) is 72.8 Å². The smallest absolute Gasteiger partial charge is 0.251 e. The fourth-order valence-corrected chi connectivity index (χ4v) is 2.95. The SMILES string of the molecule is COc1ccc(C(CCc2ccccc2)NC(=O)c2ccccc2)cc1. The monoisotopic (exact) mass is 345 g/mol. The van der Waals surface area contributed by atoms with E-state index < -0.39 is 0 Å². The van der Waals surface area contributed by atoms with Gasteiger partial charge in [-0.15, -0.1) is 0 Å². The summed E-state index contributed by atoms with van der Waals surface area (Å²) in [7, 11) is 1.65. The summed E-state index contributed by atoms with van der Waals surface area (Å²) < 4.78 is 5.24. The van der Waals surface area contributed by atoms with Crippen LogP contribution in [0.2, 0.25) is 0 Å². The van der Waals surface area contributed by atoms with Crippen LogP contribution >= 0.6 is 0 Å². The Morgan fingerprint density at radius 2 is 1.50 bits per heavy atom. The second kappa shape index (κ2) is 8.86. The summed E-state index contributed by atoms with van der Waals surface area (Å²) >= 11 is 0. The first-order valence-corrected chi connectivity index (χ1v) is 8.80. The summed E-state index contributed by atoms with van der Waals surface area (Å²) in [6.07, 6.45) is 1.72. The van der Waals surface area contributed by atoms with Gasteiger partial charge in [0.15, 0.2) is 0 Å². The molecule has 0 spiro atoms. The fourth-order valence-electron chi connectivity index (χ4n) is 2.95. The molecule has 0 fully saturated rings. The quantitative estimate of drug-likeness (QED) is 0.668. The molecule has 3 aromatic rings. The second-order valence-corrected chi connectivity index (χ2v) is 6.19. The molecule has 0 heterocycles. The van der Waals surface area contributed by atoms with E-state index in [4.69, 9.17) is 4.74 Å². The molecule has 0 aliphatic heterocycles. The van der Waals surface area contributed by atoms with E-state index in [9.17, 15) is 4.79 Å². The van der Waals surface area contributed by atoms with Gasteiger partial charge in [0.05, 0.1) is 13.2 Å². The molecular formula is C23H23NO2. The van der Waals surface area contributed by atoms with Gasteiger partial charge in [-0.2, -0.15) is 0 Å². The van der Waals surface area contributed by atoms with Crippen LogP contribution in [0.3, 0.4) is 0 Å². The predicted molar refractivity (Wildman–Crippen MR) is 104 cm³/mol. The lowest BCUT2D eigenvalue weighted by molar-refractivity contribution is 0.0934. The molecule has 3 nitrogen and oxygen atoms in total. The molecular weight excluding hydrogens is 322 g/mol. The number of nitrogens with one attached hydrogen (secondary N) is 1. The van der Waals surface area contributed by atoms with Crippen molar-refractivity contribution in [3.05, 3.63) is 102 Å². The highest BCUT2D eigenvalue weighted by Crippen LogP contribution is 2.22. The van der Waals surface area contributed by atoms with Gasteiger partial charge in [0.2, 0.25) is 0 Å². The third-order valence-electron chi connectivity index (χ3n) is 4.42. The maximum Gasteiger partial charge on any atom is 0.251 e. The molecule has 0 saturated carbocycles. The van der Waals surface area contributed by atoms with E-state index in [1.165, 1.54) is 5.56 Å². The van der Waals surface area contributed by atoms with Crippen molar-refractivity contribution in [2.24, 2.45) is 0 Å². The second-order valence-electron chi connectivity index (χ2n) is 6.19. The van der Waals surface area contributed by atoms with E-state index in [1.54, 1.807) is 7.11 Å². The molecule has 0 radical (unpaired) electrons. The van der Waals surface area contributed by atoms with Crippen molar-refractivity contribution < 1.29 is 9.53 Å². The average Bonchev–Trinajstić information content (AvgIpc) is 2.72. The Balaban J connectivity index is 1.76. The van der Waals surface area contributed by atoms with Gasteiger partial charge in [-0.1, -0.05) is 60.7 Å². The third-order valence-corrected chi connectivity index (χ3v) is 4.42. The van der Waals surface area contributed by atoms with Gasteiger partial charge < -0.3 is 10.1 Å². The number of methoxy groups -OCH3 is 1. The Labute approximate surface area is 154 Å². The maximum absolute atomic E-state index is 12.6. The number of carbonyl (C=O) groups is 1. The number of benzene rings is 3. The minimum Gasteiger partial charge on any atom is -0.497 e. The number of hydrogen-bond donors (Lipinski definition) is 1. The Kier molecular flexibility index (Phi) is 6.05. The van der Waals surface area contributed by atoms with E-state index in [0.717, 1.165) is 24.2 Å². The molecule has 0 bridgehead atoms. The Bertz CT molecular complexity index is 814. The lowest BCUT2D eigenvalue weighted by Crippen LogP contribution is -2.29. The predicted octanol–water partition coefficient (Wildman–Crippen LogP) is 4.80. The first-order valence-electron chi connectivity index (χ1n) is 8.80. The van der Waals surface area contributed by atoms with Crippen molar-refractivity contribution in [2.45, 2.75) is 18.9 Å². The largest absolute Gasteiger partial charge is 0.497 e. The summed E-state index contributed by atoms with van der Waals surface area (Å²) in [5.41, 5.74) is 3.01. The number of rotatable bonds is 7. The van der Waals surface area contributed by atoms with Gasteiger partial charge in [0.25, 0.3) is 5.91 Å². The molecule has 0 aliphatic rings. The number of ether oxygens (including phenoxy) is 1. The highest BCUT2D eigenvalue weighted by molar-refractivity contribution is 5.94. The lowest BCUT2D eigenvalue weighted by atomic mass is 9.98. The minimum atomic E-state index is -0.0613. The van der Waals surface area contributed by atoms with Gasteiger partial charge in [-0.25, -0.2) is 0 Å². The van der Waals surface area contributed by atoms with Crippen molar-refractivity contribution in [3.8, 4) is 5.75 Å². The van der Waals surface area contributed by atoms with E-state index >= 15 is 0 Å². The topological polar surface area (TPSA) is 38.3 Å². The Morgan fingerprint density at radius 1 is 0.885 bits per heavy atom. The van der Waals surface area contributed by atoms with E-state index in [-0.39, 0.29) is 11.9 Å². The van der Waals surface area contributed by atoms with Crippen molar-refractivity contribution in [2.75, 3.05) is 7.11 Å². The number of carbonyl (C=O) groups excluding carboxylic acids is 1. The van der Waals surface area contributed by atoms with Crippen LogP contribution in [-0.4, -0.2) is 13.0 Å². The number of amides is 1. The highest BCUT2D eigenvalue weighted by Gasteiger charge is 2.16. The molecule has 0 aliphatic carbocycles. The summed E-state index contributed by atoms with van der Waals surface area (Å²) in [4.78, 5) is 12.6. The third kappa shape index (κ3) is 4.73. The normalized spacial score (nSPS) is 11.6. The standard InChI is InChI=1S/C23H23NO2/c1-26-21-15-13-19(14-16-21)22(17-12-18-8-4-2-5-9-18)24-23(25)20-10-6-3-7-11-20/h2-11,13-16,22H,12,17H2,1H3,(H,24,25). The van der Waals surface area contributed by atoms with Crippen LogP contribution in [0.1, 0.15) is 33.9 Å². The van der Waals surface area contributed by atoms with Gasteiger partial charge in [0, 0.05) is 5.56 Å². The van der Waals surface area contributed by atoms with Crippen LogP contribution < -0.4 is 10.1 Å². The van der Waals surface area contributed by atoms with Crippen LogP contribution in [-0.2, 0) is 6.42 Å². The summed E-state index contributed by atoms with van der Waals surface area (Å²) in [6, 6.07) is 27.5. The molecule has 26 heavy (non-hydrogen) atoms. The first kappa shape index (κ1) is 17.7. The van der Waals surface area contributed by atoms with Crippen molar-refractivity contribution in [1.82, 2.24) is 5.32 Å². The van der Waals surface area contributed by atoms with Crippen LogP contribution in [0.4, 0.5) is 0 Å². The zero-order valence-electron chi connectivity index (χ0n) is 14.9. The molecule has 132 valence electrons. The molecule has 3 rings (SSSR count). The molecule has 1 unspecified atom stereocenters. The molecule has 0 saturated heterocycles. The summed E-state index contributed by atoms with van der Waals surface area (Å²) in [5, 5.41) is 3.18. The van der Waals surface area contributed by atoms with E-state index in [2.05, 4.69) is 17.4 Å². The molecule has 1 atom stereocenters. The van der Waals surface area contributed by atoms with Crippen molar-refractivity contribution >= 4 is 5.91 Å². The highest BCUT2D eigenvalue weighted by atomic mass is 16.5. The first-order chi connectivity index (χ1) is 12.8. The molecule has 3 aromatic carbocycles. The van der Waals surface area contributed by atoms with Gasteiger partial charge >= 0.3 is 0 Å². The Morgan fingerprint density at radius 3 is 2.12 bits per heavy atom. The molecule has 1 N–H and O–H groups in total. The van der Waals surface area contributed by atoms with Crippen molar-refractivity contribution in [1.29, 1.82) is 0 Å². The average molecular weight is 345 g/mol. The van der Waals surface area contributed by atoms with Gasteiger partial charge in [-0.05, 0) is 48.2 Å². The van der Waals surface area contributed by atoms with Crippen LogP contribution in [0.25, 0.3) is 0 Å². The zero-order chi connectivity index (χ0) is 18.2. The zero-order valence-corrected chi connectivity index (χ0v) is 14.9. The van der Waals surface area contributed by atoms with E-state index in [0.29, 0.717) is 5.56 Å². The van der Waals surface area contributed by atoms with Crippen molar-refractivity contribution in [3.63, 3.8) is 0 Å². The summed E-state index contributed by atoms with van der Waals surface area (Å²) in [5.74, 6) is 0.754. The van der Waals surface area contributed by atoms with Gasteiger partial charge in [0.1, 0.15) is 5.75 Å². The molecule has 1 amide bonds. The summed E-state index contributed by atoms with van der Waals surface area (Å²) in [6.45, 7) is 0. The lowest BCUT2D eigenvalue weighted by Gasteiger charge is -2.20. The number of hydrogen-bond acceptors (Lipinski definition) is 2. The molecule has 3 heteroatoms. The van der Waals surface area contributed by atoms with Crippen LogP contribution in [0.15, 0.2) is 84.9 Å². The van der Waals surface area contributed by atoms with Gasteiger partial charge in [-0.3, -0.25) is 4.79 Å². The Hall–Kier alpha value is -3.07. The van der Waals surface area contributed by atoms with Crippen LogP contribution in [0, 0.1) is 0 Å². The fraction of sp³-hybridized carbons (Fsp3) is 0.174. The molecule has 0 aromatic heterocycles. The minimum absolute atomic E-state index is 0.0560. The van der Waals surface area contributed by atoms with Crippen LogP contribution in [0.5, 0.6) is 5.75 Å². The number of aryl methyl sites for hydroxylation is 1. The maximum atomic E-state index is 12.6.